The van der Waals surface area contributed by atoms with Crippen molar-refractivity contribution in [3.8, 4) is 0 Å². The van der Waals surface area contributed by atoms with E-state index in [0.29, 0.717) is 0 Å². The molecular weight excluding hydrogens is 354 g/mol. The highest BCUT2D eigenvalue weighted by atomic mass is 35.5. The van der Waals surface area contributed by atoms with Gasteiger partial charge >= 0.3 is 5.97 Å². The summed E-state index contributed by atoms with van der Waals surface area (Å²) < 4.78 is 5.16. The minimum Gasteiger partial charge on any atom is -0.500 e. The number of carboxylic acid groups (broad SMARTS) is 1. The number of fused-ring (bicyclic) bond motifs is 1. The number of ether oxygens (including phenoxy) is 1. The summed E-state index contributed by atoms with van der Waals surface area (Å²) in [4.78, 5) is 16.3. The SMILES string of the molecule is CO/C(C)=C(/C(=O)O)C1=C(Cl)Nc2ccccc2C(c2ccccn2)N1. The molecule has 1 aliphatic heterocycles. The molecule has 3 N–H and O–H groups in total. The van der Waals surface area contributed by atoms with Crippen molar-refractivity contribution >= 4 is 23.3 Å². The quantitative estimate of drug-likeness (QED) is 0.432. The Morgan fingerprint density at radius 2 is 1.96 bits per heavy atom. The van der Waals surface area contributed by atoms with E-state index in [1.54, 1.807) is 13.1 Å². The van der Waals surface area contributed by atoms with Crippen LogP contribution >= 0.6 is 11.6 Å². The summed E-state index contributed by atoms with van der Waals surface area (Å²) in [5.74, 6) is -0.900. The molecule has 0 spiro atoms. The maximum absolute atomic E-state index is 11.9. The van der Waals surface area contributed by atoms with Crippen LogP contribution in [0.5, 0.6) is 0 Å². The molecule has 1 aliphatic rings. The molecule has 2 heterocycles. The number of methoxy groups -OCH3 is 1. The van der Waals surface area contributed by atoms with Gasteiger partial charge in [0.2, 0.25) is 0 Å². The molecule has 0 amide bonds. The second-order valence-corrected chi connectivity index (χ2v) is 6.05. The molecule has 1 aromatic carbocycles. The summed E-state index contributed by atoms with van der Waals surface area (Å²) in [6.07, 6.45) is 1.69. The van der Waals surface area contributed by atoms with Gasteiger partial charge in [-0.3, -0.25) is 4.98 Å². The Bertz CT molecular complexity index is 894. The minimum atomic E-state index is -1.14. The number of carbonyl (C=O) groups is 1. The first-order valence-electron chi connectivity index (χ1n) is 7.94. The lowest BCUT2D eigenvalue weighted by Crippen LogP contribution is -2.26. The first-order chi connectivity index (χ1) is 12.5. The fourth-order valence-corrected chi connectivity index (χ4v) is 3.08. The van der Waals surface area contributed by atoms with Crippen molar-refractivity contribution in [1.29, 1.82) is 0 Å². The number of carboxylic acids is 1. The molecule has 3 rings (SSSR count). The minimum absolute atomic E-state index is 0.0428. The number of rotatable bonds is 4. The highest BCUT2D eigenvalue weighted by Crippen LogP contribution is 2.35. The number of anilines is 1. The van der Waals surface area contributed by atoms with E-state index in [1.165, 1.54) is 7.11 Å². The number of benzene rings is 1. The molecule has 134 valence electrons. The second kappa shape index (κ2) is 7.49. The molecule has 0 saturated carbocycles. The number of aliphatic carboxylic acids is 1. The third-order valence-electron chi connectivity index (χ3n) is 4.13. The number of allylic oxidation sites excluding steroid dienone is 1. The van der Waals surface area contributed by atoms with Crippen molar-refractivity contribution in [3.05, 3.63) is 82.1 Å². The van der Waals surface area contributed by atoms with Gasteiger partial charge in [0.15, 0.2) is 0 Å². The van der Waals surface area contributed by atoms with Crippen LogP contribution in [0.4, 0.5) is 5.69 Å². The van der Waals surface area contributed by atoms with E-state index < -0.39 is 5.97 Å². The average molecular weight is 372 g/mol. The van der Waals surface area contributed by atoms with Crippen molar-refractivity contribution in [2.45, 2.75) is 13.0 Å². The van der Waals surface area contributed by atoms with E-state index in [1.807, 2.05) is 42.5 Å². The number of aromatic nitrogens is 1. The highest BCUT2D eigenvalue weighted by molar-refractivity contribution is 6.32. The summed E-state index contributed by atoms with van der Waals surface area (Å²) in [6.45, 7) is 1.58. The summed E-state index contributed by atoms with van der Waals surface area (Å²) in [5.41, 5.74) is 2.61. The number of nitrogens with zero attached hydrogens (tertiary/aromatic N) is 1. The van der Waals surface area contributed by atoms with Gasteiger partial charge in [0, 0.05) is 17.4 Å². The van der Waals surface area contributed by atoms with Crippen LogP contribution in [0.2, 0.25) is 0 Å². The maximum atomic E-state index is 11.9. The highest BCUT2D eigenvalue weighted by Gasteiger charge is 2.29. The largest absolute Gasteiger partial charge is 0.500 e. The Morgan fingerprint density at radius 3 is 2.62 bits per heavy atom. The summed E-state index contributed by atoms with van der Waals surface area (Å²) in [7, 11) is 1.42. The molecular formula is C19H18ClN3O3. The van der Waals surface area contributed by atoms with Crippen molar-refractivity contribution in [2.75, 3.05) is 12.4 Å². The zero-order valence-corrected chi connectivity index (χ0v) is 15.0. The number of para-hydroxylation sites is 1. The normalized spacial score (nSPS) is 17.3. The van der Waals surface area contributed by atoms with Gasteiger partial charge in [-0.2, -0.15) is 0 Å². The number of hydrogen-bond donors (Lipinski definition) is 3. The monoisotopic (exact) mass is 371 g/mol. The van der Waals surface area contributed by atoms with Crippen LogP contribution in [0.1, 0.15) is 24.2 Å². The fourth-order valence-electron chi connectivity index (χ4n) is 2.83. The van der Waals surface area contributed by atoms with Crippen molar-refractivity contribution < 1.29 is 14.6 Å². The molecule has 0 radical (unpaired) electrons. The Morgan fingerprint density at radius 1 is 1.23 bits per heavy atom. The zero-order chi connectivity index (χ0) is 18.7. The van der Waals surface area contributed by atoms with Gasteiger partial charge in [-0.05, 0) is 25.1 Å². The van der Waals surface area contributed by atoms with Gasteiger partial charge in [-0.25, -0.2) is 4.79 Å². The lowest BCUT2D eigenvalue weighted by molar-refractivity contribution is -0.132. The van der Waals surface area contributed by atoms with Crippen LogP contribution in [-0.2, 0) is 9.53 Å². The molecule has 0 bridgehead atoms. The van der Waals surface area contributed by atoms with E-state index in [2.05, 4.69) is 15.6 Å². The van der Waals surface area contributed by atoms with E-state index in [4.69, 9.17) is 16.3 Å². The summed E-state index contributed by atoms with van der Waals surface area (Å²) in [6, 6.07) is 12.8. The number of pyridine rings is 1. The summed E-state index contributed by atoms with van der Waals surface area (Å²) in [5, 5.41) is 16.2. The molecule has 0 fully saturated rings. The predicted molar refractivity (Wildman–Crippen MR) is 99.5 cm³/mol. The number of halogens is 1. The van der Waals surface area contributed by atoms with Crippen molar-refractivity contribution in [1.82, 2.24) is 10.3 Å². The first kappa shape index (κ1) is 17.8. The Hall–Kier alpha value is -2.99. The van der Waals surface area contributed by atoms with Crippen LogP contribution < -0.4 is 10.6 Å². The Labute approximate surface area is 156 Å². The average Bonchev–Trinajstić information content (AvgIpc) is 2.79. The van der Waals surface area contributed by atoms with Crippen molar-refractivity contribution in [2.24, 2.45) is 0 Å². The topological polar surface area (TPSA) is 83.5 Å². The van der Waals surface area contributed by atoms with Crippen molar-refractivity contribution in [3.63, 3.8) is 0 Å². The standard InChI is InChI=1S/C19H18ClN3O3/c1-11(26-2)15(19(24)25)17-18(20)22-13-8-4-3-7-12(13)16(23-17)14-9-5-6-10-21-14/h3-10,16,22-23H,1-2H3,(H,24,25)/b15-11+. The predicted octanol–water partition coefficient (Wildman–Crippen LogP) is 3.60. The maximum Gasteiger partial charge on any atom is 0.341 e. The molecule has 26 heavy (non-hydrogen) atoms. The fraction of sp³-hybridized carbons (Fsp3) is 0.158. The van der Waals surface area contributed by atoms with Gasteiger partial charge in [-0.1, -0.05) is 35.9 Å². The molecule has 0 aliphatic carbocycles. The van der Waals surface area contributed by atoms with E-state index in [-0.39, 0.29) is 28.2 Å². The van der Waals surface area contributed by atoms with Gasteiger partial charge in [0.1, 0.15) is 16.5 Å². The van der Waals surface area contributed by atoms with Gasteiger partial charge in [-0.15, -0.1) is 0 Å². The Balaban J connectivity index is 2.19. The van der Waals surface area contributed by atoms with Gasteiger partial charge in [0.25, 0.3) is 0 Å². The third-order valence-corrected chi connectivity index (χ3v) is 4.41. The molecule has 7 heteroatoms. The summed E-state index contributed by atoms with van der Waals surface area (Å²) >= 11 is 6.44. The van der Waals surface area contributed by atoms with Gasteiger partial charge < -0.3 is 20.5 Å². The molecule has 6 nitrogen and oxygen atoms in total. The van der Waals surface area contributed by atoms with Crippen LogP contribution in [0.25, 0.3) is 0 Å². The number of hydrogen-bond acceptors (Lipinski definition) is 5. The number of nitrogens with one attached hydrogen (secondary N) is 2. The van der Waals surface area contributed by atoms with E-state index in [0.717, 1.165) is 16.9 Å². The lowest BCUT2D eigenvalue weighted by atomic mass is 10.0. The van der Waals surface area contributed by atoms with E-state index in [9.17, 15) is 9.90 Å². The lowest BCUT2D eigenvalue weighted by Gasteiger charge is -2.21. The third kappa shape index (κ3) is 3.36. The first-order valence-corrected chi connectivity index (χ1v) is 8.32. The van der Waals surface area contributed by atoms with Crippen LogP contribution in [-0.4, -0.2) is 23.2 Å². The molecule has 1 aromatic heterocycles. The van der Waals surface area contributed by atoms with Crippen LogP contribution in [0.3, 0.4) is 0 Å². The second-order valence-electron chi connectivity index (χ2n) is 5.67. The van der Waals surface area contributed by atoms with Gasteiger partial charge in [0.05, 0.1) is 24.5 Å². The van der Waals surface area contributed by atoms with E-state index >= 15 is 0 Å². The molecule has 1 unspecified atom stereocenters. The smallest absolute Gasteiger partial charge is 0.341 e. The van der Waals surface area contributed by atoms with Crippen LogP contribution in [0.15, 0.2) is 70.8 Å². The molecule has 2 aromatic rings. The molecule has 1 atom stereocenters. The van der Waals surface area contributed by atoms with Crippen LogP contribution in [0, 0.1) is 0 Å². The molecule has 0 saturated heterocycles. The zero-order valence-electron chi connectivity index (χ0n) is 14.3. The Kier molecular flexibility index (Phi) is 5.14.